The van der Waals surface area contributed by atoms with Gasteiger partial charge in [0, 0.05) is 6.54 Å². The topological polar surface area (TPSA) is 55.4 Å². The van der Waals surface area contributed by atoms with E-state index in [1.807, 2.05) is 0 Å². The van der Waals surface area contributed by atoms with E-state index in [1.54, 1.807) is 5.32 Å². The molecule has 0 aliphatic carbocycles. The molecule has 0 heterocycles. The molecule has 0 saturated carbocycles. The molecule has 1 N–H and O–H groups in total. The Bertz CT molecular complexity index is 325. The Balaban J connectivity index is 3.87. The summed E-state index contributed by atoms with van der Waals surface area (Å²) in [5.74, 6) is -5.12. The number of halogens is 6. The molecule has 0 aromatic heterocycles. The highest BCUT2D eigenvalue weighted by atomic mass is 19.4. The zero-order valence-electron chi connectivity index (χ0n) is 9.69. The Labute approximate surface area is 104 Å². The fourth-order valence-corrected chi connectivity index (χ4v) is 0.915. The predicted octanol–water partition coefficient (Wildman–Crippen LogP) is 1.80. The number of rotatable bonds is 5. The summed E-state index contributed by atoms with van der Waals surface area (Å²) in [5.41, 5.74) is 0. The van der Waals surface area contributed by atoms with Crippen molar-refractivity contribution in [1.29, 1.82) is 0 Å². The molecule has 0 aromatic rings. The molecule has 0 aliphatic heterocycles. The van der Waals surface area contributed by atoms with Crippen molar-refractivity contribution in [2.24, 2.45) is 5.92 Å². The van der Waals surface area contributed by atoms with E-state index >= 15 is 0 Å². The van der Waals surface area contributed by atoms with Gasteiger partial charge < -0.3 is 10.1 Å². The smallest absolute Gasteiger partial charge is 0.459 e. The molecule has 4 nitrogen and oxygen atoms in total. The second-order valence-electron chi connectivity index (χ2n) is 3.74. The maximum absolute atomic E-state index is 11.8. The van der Waals surface area contributed by atoms with Gasteiger partial charge in [-0.1, -0.05) is 6.92 Å². The van der Waals surface area contributed by atoms with Gasteiger partial charge in [0.15, 0.2) is 0 Å². The van der Waals surface area contributed by atoms with Crippen LogP contribution in [0.15, 0.2) is 0 Å². The minimum Gasteiger partial charge on any atom is -0.459 e. The third kappa shape index (κ3) is 7.52. The predicted molar refractivity (Wildman–Crippen MR) is 49.9 cm³/mol. The van der Waals surface area contributed by atoms with Crippen LogP contribution >= 0.6 is 0 Å². The molecule has 10 heteroatoms. The molecule has 0 spiro atoms. The molecular formula is C9H11F6NO3. The molecule has 0 radical (unpaired) electrons. The molecule has 1 amide bonds. The van der Waals surface area contributed by atoms with Gasteiger partial charge in [-0.3, -0.25) is 4.79 Å². The van der Waals surface area contributed by atoms with Crippen molar-refractivity contribution >= 4 is 11.9 Å². The lowest BCUT2D eigenvalue weighted by Crippen LogP contribution is -2.38. The van der Waals surface area contributed by atoms with E-state index in [-0.39, 0.29) is 13.0 Å². The third-order valence-electron chi connectivity index (χ3n) is 1.91. The van der Waals surface area contributed by atoms with Crippen molar-refractivity contribution in [3.05, 3.63) is 0 Å². The van der Waals surface area contributed by atoms with E-state index in [1.165, 1.54) is 6.92 Å². The molecule has 0 fully saturated rings. The first kappa shape index (κ1) is 17.5. The minimum absolute atomic E-state index is 0.0625. The van der Waals surface area contributed by atoms with E-state index in [0.29, 0.717) is 0 Å². The van der Waals surface area contributed by atoms with E-state index in [9.17, 15) is 35.9 Å². The van der Waals surface area contributed by atoms with Crippen LogP contribution in [-0.2, 0) is 14.3 Å². The van der Waals surface area contributed by atoms with Gasteiger partial charge in [0.2, 0.25) is 0 Å². The van der Waals surface area contributed by atoms with Crippen LogP contribution in [0.3, 0.4) is 0 Å². The zero-order valence-corrected chi connectivity index (χ0v) is 9.69. The number of amides is 1. The minimum atomic E-state index is -5.11. The van der Waals surface area contributed by atoms with E-state index < -0.39 is 36.8 Å². The largest absolute Gasteiger partial charge is 0.490 e. The lowest BCUT2D eigenvalue weighted by molar-refractivity contribution is -0.200. The van der Waals surface area contributed by atoms with Gasteiger partial charge in [-0.15, -0.1) is 0 Å². The van der Waals surface area contributed by atoms with Crippen LogP contribution in [0.1, 0.15) is 13.3 Å². The number of esters is 1. The molecule has 0 rings (SSSR count). The number of alkyl halides is 6. The van der Waals surface area contributed by atoms with Gasteiger partial charge in [0.05, 0.1) is 6.61 Å². The highest BCUT2D eigenvalue weighted by molar-refractivity contribution is 5.81. The summed E-state index contributed by atoms with van der Waals surface area (Å²) in [5, 5.41) is 1.54. The highest BCUT2D eigenvalue weighted by Crippen LogP contribution is 2.17. The number of ether oxygens (including phenoxy) is 1. The van der Waals surface area contributed by atoms with Crippen LogP contribution in [0, 0.1) is 5.92 Å². The Hall–Kier alpha value is -1.48. The van der Waals surface area contributed by atoms with Crippen LogP contribution in [0.4, 0.5) is 26.3 Å². The second kappa shape index (κ2) is 6.62. The van der Waals surface area contributed by atoms with Crippen molar-refractivity contribution in [1.82, 2.24) is 5.32 Å². The van der Waals surface area contributed by atoms with Gasteiger partial charge in [0.25, 0.3) is 0 Å². The molecule has 112 valence electrons. The summed E-state index contributed by atoms with van der Waals surface area (Å²) >= 11 is 0. The maximum atomic E-state index is 11.8. The lowest BCUT2D eigenvalue weighted by atomic mass is 10.1. The summed E-state index contributed by atoms with van der Waals surface area (Å²) in [7, 11) is 0. The zero-order chi connectivity index (χ0) is 15.3. The summed E-state index contributed by atoms with van der Waals surface area (Å²) in [6.45, 7) is 0.382. The average molecular weight is 295 g/mol. The third-order valence-corrected chi connectivity index (χ3v) is 1.91. The first-order valence-electron chi connectivity index (χ1n) is 5.03. The summed E-state index contributed by atoms with van der Waals surface area (Å²) in [6, 6.07) is 0. The van der Waals surface area contributed by atoms with Crippen LogP contribution in [0.5, 0.6) is 0 Å². The van der Waals surface area contributed by atoms with Gasteiger partial charge in [-0.25, -0.2) is 4.79 Å². The van der Waals surface area contributed by atoms with Gasteiger partial charge in [-0.05, 0) is 12.3 Å². The van der Waals surface area contributed by atoms with Crippen LogP contribution in [0.2, 0.25) is 0 Å². The van der Waals surface area contributed by atoms with Crippen LogP contribution in [-0.4, -0.2) is 37.4 Å². The monoisotopic (exact) mass is 295 g/mol. The number of hydrogen-bond acceptors (Lipinski definition) is 3. The molecule has 0 bridgehead atoms. The fraction of sp³-hybridized carbons (Fsp3) is 0.778. The average Bonchev–Trinajstić information content (AvgIpc) is 2.22. The van der Waals surface area contributed by atoms with Gasteiger partial charge >= 0.3 is 24.2 Å². The summed E-state index contributed by atoms with van der Waals surface area (Å²) in [4.78, 5) is 20.7. The van der Waals surface area contributed by atoms with Crippen molar-refractivity contribution in [2.75, 3.05) is 13.2 Å². The standard InChI is InChI=1S/C9H11F6NO3/c1-5(4-19-7(18)9(13,14)15)2-3-16-6(17)8(10,11)12/h5H,2-4H2,1H3,(H,16,17). The van der Waals surface area contributed by atoms with Gasteiger partial charge in [0.1, 0.15) is 0 Å². The second-order valence-corrected chi connectivity index (χ2v) is 3.74. The molecule has 19 heavy (non-hydrogen) atoms. The number of carbonyl (C=O) groups excluding carboxylic acids is 2. The van der Waals surface area contributed by atoms with E-state index in [4.69, 9.17) is 0 Å². The maximum Gasteiger partial charge on any atom is 0.490 e. The lowest BCUT2D eigenvalue weighted by Gasteiger charge is -2.14. The normalized spacial score (nSPS) is 13.8. The molecular weight excluding hydrogens is 284 g/mol. The SMILES string of the molecule is CC(CCNC(=O)C(F)(F)F)COC(=O)C(F)(F)F. The van der Waals surface area contributed by atoms with Crippen molar-refractivity contribution < 1.29 is 40.7 Å². The highest BCUT2D eigenvalue weighted by Gasteiger charge is 2.41. The quantitative estimate of drug-likeness (QED) is 0.621. The molecule has 0 aromatic carbocycles. The van der Waals surface area contributed by atoms with E-state index in [2.05, 4.69) is 4.74 Å². The van der Waals surface area contributed by atoms with E-state index in [0.717, 1.165) is 0 Å². The summed E-state index contributed by atoms with van der Waals surface area (Å²) in [6.07, 6.45) is -10.2. The van der Waals surface area contributed by atoms with Crippen LogP contribution < -0.4 is 5.32 Å². The molecule has 0 saturated heterocycles. The first-order valence-corrected chi connectivity index (χ1v) is 5.03. The number of hydrogen-bond donors (Lipinski definition) is 1. The van der Waals surface area contributed by atoms with Gasteiger partial charge in [-0.2, -0.15) is 26.3 Å². The molecule has 1 atom stereocenters. The first-order chi connectivity index (χ1) is 8.44. The van der Waals surface area contributed by atoms with Crippen molar-refractivity contribution in [2.45, 2.75) is 25.7 Å². The van der Waals surface area contributed by atoms with Crippen molar-refractivity contribution in [3.63, 3.8) is 0 Å². The molecule has 1 unspecified atom stereocenters. The fourth-order valence-electron chi connectivity index (χ4n) is 0.915. The Morgan fingerprint density at radius 3 is 2.05 bits per heavy atom. The Morgan fingerprint density at radius 1 is 1.11 bits per heavy atom. The Kier molecular flexibility index (Phi) is 6.10. The van der Waals surface area contributed by atoms with Crippen LogP contribution in [0.25, 0.3) is 0 Å². The Morgan fingerprint density at radius 2 is 1.63 bits per heavy atom. The summed E-state index contributed by atoms with van der Waals surface area (Å²) < 4.78 is 74.3. The number of nitrogens with one attached hydrogen (secondary N) is 1. The number of carbonyl (C=O) groups is 2. The molecule has 0 aliphatic rings. The van der Waals surface area contributed by atoms with Crippen molar-refractivity contribution in [3.8, 4) is 0 Å².